The Bertz CT molecular complexity index is 783. The minimum Gasteiger partial charge on any atom is -0.348 e. The van der Waals surface area contributed by atoms with Crippen molar-refractivity contribution >= 4 is 5.91 Å². The predicted molar refractivity (Wildman–Crippen MR) is 105 cm³/mol. The maximum Gasteiger partial charge on any atom is 0.234 e. The molecule has 0 radical (unpaired) electrons. The number of halogens is 1. The van der Waals surface area contributed by atoms with Crippen LogP contribution in [0.1, 0.15) is 54.5 Å². The molecule has 1 saturated heterocycles. The van der Waals surface area contributed by atoms with Crippen LogP contribution in [0.3, 0.4) is 0 Å². The normalized spacial score (nSPS) is 21.2. The summed E-state index contributed by atoms with van der Waals surface area (Å²) < 4.78 is 13.2. The Morgan fingerprint density at radius 3 is 2.48 bits per heavy atom. The Morgan fingerprint density at radius 2 is 1.81 bits per heavy atom. The monoisotopic (exact) mass is 366 g/mol. The number of benzene rings is 2. The summed E-state index contributed by atoms with van der Waals surface area (Å²) in [6, 6.07) is 15.5. The molecule has 2 unspecified atom stereocenters. The van der Waals surface area contributed by atoms with Gasteiger partial charge in [-0.25, -0.2) is 4.39 Å². The number of rotatable bonds is 6. The summed E-state index contributed by atoms with van der Waals surface area (Å²) in [5.41, 5.74) is 3.53. The van der Waals surface area contributed by atoms with Crippen molar-refractivity contribution in [1.82, 2.24) is 10.2 Å². The third-order valence-electron chi connectivity index (χ3n) is 5.81. The average Bonchev–Trinajstić information content (AvgIpc) is 3.41. The van der Waals surface area contributed by atoms with Crippen molar-refractivity contribution in [3.63, 3.8) is 0 Å². The van der Waals surface area contributed by atoms with E-state index in [0.717, 1.165) is 24.9 Å². The zero-order valence-corrected chi connectivity index (χ0v) is 15.8. The molecular formula is C23H27FN2O. The third kappa shape index (κ3) is 4.38. The Kier molecular flexibility index (Phi) is 5.26. The number of nitrogens with one attached hydrogen (secondary N) is 1. The molecule has 0 bridgehead atoms. The zero-order chi connectivity index (χ0) is 18.8. The van der Waals surface area contributed by atoms with Crippen LogP contribution in [-0.2, 0) is 4.79 Å². The van der Waals surface area contributed by atoms with Crippen molar-refractivity contribution in [2.75, 3.05) is 13.1 Å². The molecule has 1 amide bonds. The van der Waals surface area contributed by atoms with Gasteiger partial charge >= 0.3 is 0 Å². The molecule has 3 nitrogen and oxygen atoms in total. The molecule has 2 aromatic rings. The summed E-state index contributed by atoms with van der Waals surface area (Å²) in [6.07, 6.45) is 4.45. The van der Waals surface area contributed by atoms with E-state index in [1.54, 1.807) is 0 Å². The fourth-order valence-corrected chi connectivity index (χ4v) is 4.16. The second-order valence-electron chi connectivity index (χ2n) is 7.97. The van der Waals surface area contributed by atoms with Gasteiger partial charge in [0.2, 0.25) is 5.91 Å². The molecule has 1 N–H and O–H groups in total. The van der Waals surface area contributed by atoms with Gasteiger partial charge < -0.3 is 5.32 Å². The van der Waals surface area contributed by atoms with Crippen LogP contribution in [0.15, 0.2) is 48.5 Å². The van der Waals surface area contributed by atoms with Gasteiger partial charge in [0, 0.05) is 6.04 Å². The topological polar surface area (TPSA) is 32.3 Å². The molecule has 1 saturated carbocycles. The van der Waals surface area contributed by atoms with Gasteiger partial charge in [0.1, 0.15) is 5.82 Å². The van der Waals surface area contributed by atoms with Crippen molar-refractivity contribution < 1.29 is 9.18 Å². The van der Waals surface area contributed by atoms with Gasteiger partial charge in [-0.15, -0.1) is 0 Å². The molecule has 4 rings (SSSR count). The van der Waals surface area contributed by atoms with E-state index in [1.807, 2.05) is 12.1 Å². The predicted octanol–water partition coefficient (Wildman–Crippen LogP) is 4.54. The van der Waals surface area contributed by atoms with Crippen molar-refractivity contribution in [1.29, 1.82) is 0 Å². The maximum absolute atomic E-state index is 13.2. The summed E-state index contributed by atoms with van der Waals surface area (Å²) in [4.78, 5) is 15.0. The van der Waals surface area contributed by atoms with Gasteiger partial charge in [-0.3, -0.25) is 9.69 Å². The molecule has 142 valence electrons. The molecule has 27 heavy (non-hydrogen) atoms. The number of hydrogen-bond donors (Lipinski definition) is 1. The van der Waals surface area contributed by atoms with E-state index < -0.39 is 0 Å². The van der Waals surface area contributed by atoms with E-state index in [4.69, 9.17) is 0 Å². The van der Waals surface area contributed by atoms with E-state index in [-0.39, 0.29) is 23.8 Å². The fraction of sp³-hybridized carbons (Fsp3) is 0.435. The summed E-state index contributed by atoms with van der Waals surface area (Å²) in [7, 11) is 0. The number of hydrogen-bond acceptors (Lipinski definition) is 2. The van der Waals surface area contributed by atoms with Crippen molar-refractivity contribution in [3.8, 4) is 0 Å². The molecule has 0 aromatic heterocycles. The smallest absolute Gasteiger partial charge is 0.234 e. The molecular weight excluding hydrogens is 339 g/mol. The lowest BCUT2D eigenvalue weighted by Crippen LogP contribution is -2.39. The lowest BCUT2D eigenvalue weighted by atomic mass is 10.0. The molecule has 4 heteroatoms. The van der Waals surface area contributed by atoms with Crippen LogP contribution in [0.25, 0.3) is 0 Å². The van der Waals surface area contributed by atoms with Crippen LogP contribution in [0.2, 0.25) is 0 Å². The Morgan fingerprint density at radius 1 is 1.11 bits per heavy atom. The highest BCUT2D eigenvalue weighted by Crippen LogP contribution is 2.41. The standard InChI is InChI=1S/C23H27FN2O/c1-16-4-6-18(7-5-16)23(19-8-9-19)25-22(27)15-26-14-2-3-21(26)17-10-12-20(24)13-11-17/h4-7,10-13,19,21,23H,2-3,8-9,14-15H2,1H3,(H,25,27). The van der Waals surface area contributed by atoms with Crippen molar-refractivity contribution in [2.24, 2.45) is 5.92 Å². The SMILES string of the molecule is Cc1ccc(C(NC(=O)CN2CCCC2c2ccc(F)cc2)C2CC2)cc1. The maximum atomic E-state index is 13.2. The number of likely N-dealkylation sites (tertiary alicyclic amines) is 1. The second-order valence-corrected chi connectivity index (χ2v) is 7.97. The highest BCUT2D eigenvalue weighted by atomic mass is 19.1. The van der Waals surface area contributed by atoms with Crippen LogP contribution in [0.5, 0.6) is 0 Å². The number of carbonyl (C=O) groups excluding carboxylic acids is 1. The molecule has 2 atom stereocenters. The zero-order valence-electron chi connectivity index (χ0n) is 15.8. The third-order valence-corrected chi connectivity index (χ3v) is 5.81. The van der Waals surface area contributed by atoms with Crippen LogP contribution < -0.4 is 5.32 Å². The Hall–Kier alpha value is -2.20. The molecule has 2 aliphatic rings. The quantitative estimate of drug-likeness (QED) is 0.814. The van der Waals surface area contributed by atoms with Gasteiger partial charge in [-0.1, -0.05) is 42.0 Å². The van der Waals surface area contributed by atoms with Crippen LogP contribution in [-0.4, -0.2) is 23.9 Å². The van der Waals surface area contributed by atoms with Crippen molar-refractivity contribution in [2.45, 2.75) is 44.7 Å². The first-order chi connectivity index (χ1) is 13.1. The van der Waals surface area contributed by atoms with E-state index >= 15 is 0 Å². The minimum atomic E-state index is -0.216. The molecule has 1 aliphatic carbocycles. The summed E-state index contributed by atoms with van der Waals surface area (Å²) in [5, 5.41) is 3.28. The molecule has 1 heterocycles. The Labute approximate surface area is 160 Å². The molecule has 0 spiro atoms. The van der Waals surface area contributed by atoms with Gasteiger partial charge in [-0.05, 0) is 68.3 Å². The Balaban J connectivity index is 1.41. The number of amides is 1. The van der Waals surface area contributed by atoms with Crippen LogP contribution >= 0.6 is 0 Å². The lowest BCUT2D eigenvalue weighted by molar-refractivity contribution is -0.123. The molecule has 1 aliphatic heterocycles. The average molecular weight is 366 g/mol. The summed E-state index contributed by atoms with van der Waals surface area (Å²) in [6.45, 7) is 3.39. The van der Waals surface area contributed by atoms with Gasteiger partial charge in [0.15, 0.2) is 0 Å². The van der Waals surface area contributed by atoms with E-state index in [0.29, 0.717) is 12.5 Å². The molecule has 2 aromatic carbocycles. The fourth-order valence-electron chi connectivity index (χ4n) is 4.16. The number of nitrogens with zero attached hydrogens (tertiary/aromatic N) is 1. The highest BCUT2D eigenvalue weighted by Gasteiger charge is 2.34. The highest BCUT2D eigenvalue weighted by molar-refractivity contribution is 5.78. The second kappa shape index (κ2) is 7.81. The van der Waals surface area contributed by atoms with Crippen LogP contribution in [0, 0.1) is 18.7 Å². The summed E-state index contributed by atoms with van der Waals surface area (Å²) >= 11 is 0. The first kappa shape index (κ1) is 18.2. The van der Waals surface area contributed by atoms with Crippen LogP contribution in [0.4, 0.5) is 4.39 Å². The number of carbonyl (C=O) groups is 1. The van der Waals surface area contributed by atoms with Crippen molar-refractivity contribution in [3.05, 3.63) is 71.0 Å². The largest absolute Gasteiger partial charge is 0.348 e. The van der Waals surface area contributed by atoms with E-state index in [1.165, 1.54) is 36.1 Å². The van der Waals surface area contributed by atoms with E-state index in [9.17, 15) is 9.18 Å². The number of aryl methyl sites for hydroxylation is 1. The molecule has 2 fully saturated rings. The van der Waals surface area contributed by atoms with Gasteiger partial charge in [-0.2, -0.15) is 0 Å². The van der Waals surface area contributed by atoms with Gasteiger partial charge in [0.05, 0.1) is 12.6 Å². The minimum absolute atomic E-state index is 0.0847. The first-order valence-electron chi connectivity index (χ1n) is 9.95. The van der Waals surface area contributed by atoms with E-state index in [2.05, 4.69) is 41.4 Å². The van der Waals surface area contributed by atoms with Gasteiger partial charge in [0.25, 0.3) is 0 Å². The lowest BCUT2D eigenvalue weighted by Gasteiger charge is -2.26. The first-order valence-corrected chi connectivity index (χ1v) is 9.95. The summed E-state index contributed by atoms with van der Waals surface area (Å²) in [5.74, 6) is 0.427.